The van der Waals surface area contributed by atoms with Crippen LogP contribution in [0, 0.1) is 0 Å². The van der Waals surface area contributed by atoms with Gasteiger partial charge in [-0.25, -0.2) is 13.1 Å². The first-order valence-electron chi connectivity index (χ1n) is 7.56. The van der Waals surface area contributed by atoms with Gasteiger partial charge in [-0.15, -0.1) is 0 Å². The van der Waals surface area contributed by atoms with E-state index >= 15 is 0 Å². The van der Waals surface area contributed by atoms with Gasteiger partial charge >= 0.3 is 6.18 Å². The summed E-state index contributed by atoms with van der Waals surface area (Å²) in [7, 11) is -2.38. The maximum atomic E-state index is 12.4. The SMILES string of the molecule is COc1ccccc1S(=O)(=O)NCc1ccc(COCC(F)(F)F)cc1. The number of alkyl halides is 3. The lowest BCUT2D eigenvalue weighted by molar-refractivity contribution is -0.176. The van der Waals surface area contributed by atoms with Crippen LogP contribution < -0.4 is 9.46 Å². The van der Waals surface area contributed by atoms with E-state index in [0.717, 1.165) is 0 Å². The van der Waals surface area contributed by atoms with Crippen molar-refractivity contribution < 1.29 is 31.1 Å². The van der Waals surface area contributed by atoms with E-state index in [4.69, 9.17) is 4.74 Å². The molecule has 2 aromatic carbocycles. The number of para-hydroxylation sites is 1. The Morgan fingerprint density at radius 2 is 1.62 bits per heavy atom. The standard InChI is InChI=1S/C17H18F3NO4S/c1-24-15-4-2-3-5-16(15)26(22,23)21-10-13-6-8-14(9-7-13)11-25-12-17(18,19)20/h2-9,21H,10-12H2,1H3. The summed E-state index contributed by atoms with van der Waals surface area (Å²) in [5.41, 5.74) is 1.22. The van der Waals surface area contributed by atoms with Gasteiger partial charge in [0.2, 0.25) is 10.0 Å². The van der Waals surface area contributed by atoms with Crippen molar-refractivity contribution in [3.63, 3.8) is 0 Å². The van der Waals surface area contributed by atoms with E-state index in [1.165, 1.54) is 13.2 Å². The van der Waals surface area contributed by atoms with E-state index in [9.17, 15) is 21.6 Å². The largest absolute Gasteiger partial charge is 0.495 e. The molecule has 0 unspecified atom stereocenters. The normalized spacial score (nSPS) is 12.2. The van der Waals surface area contributed by atoms with Crippen molar-refractivity contribution in [1.82, 2.24) is 4.72 Å². The number of hydrogen-bond acceptors (Lipinski definition) is 4. The number of halogens is 3. The van der Waals surface area contributed by atoms with Crippen molar-refractivity contribution in [2.75, 3.05) is 13.7 Å². The van der Waals surface area contributed by atoms with Crippen molar-refractivity contribution in [2.45, 2.75) is 24.2 Å². The molecule has 2 aromatic rings. The molecule has 0 aliphatic heterocycles. The molecule has 0 aliphatic carbocycles. The highest BCUT2D eigenvalue weighted by Gasteiger charge is 2.27. The molecule has 0 heterocycles. The topological polar surface area (TPSA) is 64.6 Å². The van der Waals surface area contributed by atoms with Gasteiger partial charge in [-0.3, -0.25) is 0 Å². The van der Waals surface area contributed by atoms with Crippen molar-refractivity contribution >= 4 is 10.0 Å². The van der Waals surface area contributed by atoms with Crippen LogP contribution in [0.3, 0.4) is 0 Å². The molecule has 0 saturated heterocycles. The molecule has 5 nitrogen and oxygen atoms in total. The van der Waals surface area contributed by atoms with Gasteiger partial charge < -0.3 is 9.47 Å². The molecule has 1 N–H and O–H groups in total. The van der Waals surface area contributed by atoms with Gasteiger partial charge in [-0.05, 0) is 23.3 Å². The van der Waals surface area contributed by atoms with Gasteiger partial charge in [0.15, 0.2) is 0 Å². The summed E-state index contributed by atoms with van der Waals surface area (Å²) >= 11 is 0. The van der Waals surface area contributed by atoms with Crippen molar-refractivity contribution in [3.05, 3.63) is 59.7 Å². The third-order valence-electron chi connectivity index (χ3n) is 3.38. The van der Waals surface area contributed by atoms with Crippen LogP contribution >= 0.6 is 0 Å². The van der Waals surface area contributed by atoms with Gasteiger partial charge in [0, 0.05) is 6.54 Å². The molecule has 0 saturated carbocycles. The maximum absolute atomic E-state index is 12.4. The van der Waals surface area contributed by atoms with Crippen LogP contribution in [0.4, 0.5) is 13.2 Å². The zero-order valence-corrected chi connectivity index (χ0v) is 14.7. The highest BCUT2D eigenvalue weighted by Crippen LogP contribution is 2.22. The number of hydrogen-bond donors (Lipinski definition) is 1. The second-order valence-electron chi connectivity index (χ2n) is 5.40. The fraction of sp³-hybridized carbons (Fsp3) is 0.294. The van der Waals surface area contributed by atoms with Crippen LogP contribution in [-0.2, 0) is 27.9 Å². The molecule has 2 rings (SSSR count). The van der Waals surface area contributed by atoms with E-state index in [2.05, 4.69) is 9.46 Å². The number of benzene rings is 2. The highest BCUT2D eigenvalue weighted by atomic mass is 32.2. The zero-order valence-electron chi connectivity index (χ0n) is 13.9. The zero-order chi connectivity index (χ0) is 19.2. The molecule has 142 valence electrons. The lowest BCUT2D eigenvalue weighted by atomic mass is 10.1. The Kier molecular flexibility index (Phi) is 6.63. The van der Waals surface area contributed by atoms with E-state index < -0.39 is 22.8 Å². The molecule has 9 heteroatoms. The molecule has 0 aliphatic rings. The minimum atomic E-state index is -4.36. The summed E-state index contributed by atoms with van der Waals surface area (Å²) in [5.74, 6) is 0.233. The smallest absolute Gasteiger partial charge is 0.411 e. The molecule has 0 fully saturated rings. The molecule has 0 amide bonds. The van der Waals surface area contributed by atoms with Crippen LogP contribution in [0.1, 0.15) is 11.1 Å². The number of sulfonamides is 1. The van der Waals surface area contributed by atoms with Crippen molar-refractivity contribution in [3.8, 4) is 5.75 Å². The molecular weight excluding hydrogens is 371 g/mol. The Balaban J connectivity index is 1.95. The van der Waals surface area contributed by atoms with E-state index in [1.807, 2.05) is 0 Å². The number of nitrogens with one attached hydrogen (secondary N) is 1. The van der Waals surface area contributed by atoms with Crippen LogP contribution in [0.5, 0.6) is 5.75 Å². The van der Waals surface area contributed by atoms with Crippen LogP contribution in [0.15, 0.2) is 53.4 Å². The first kappa shape index (κ1) is 20.2. The van der Waals surface area contributed by atoms with E-state index in [0.29, 0.717) is 11.1 Å². The minimum absolute atomic E-state index is 0.0275. The first-order valence-corrected chi connectivity index (χ1v) is 9.04. The average molecular weight is 389 g/mol. The summed E-state index contributed by atoms with van der Waals surface area (Å²) in [4.78, 5) is 0.0275. The molecule has 0 spiro atoms. The van der Waals surface area contributed by atoms with Crippen LogP contribution in [-0.4, -0.2) is 28.3 Å². The lowest BCUT2D eigenvalue weighted by Gasteiger charge is -2.11. The molecule has 0 atom stereocenters. The average Bonchev–Trinajstić information content (AvgIpc) is 2.60. The summed E-state index contributed by atoms with van der Waals surface area (Å²) in [6.07, 6.45) is -4.36. The van der Waals surface area contributed by atoms with Crippen LogP contribution in [0.25, 0.3) is 0 Å². The number of methoxy groups -OCH3 is 1. The first-order chi connectivity index (χ1) is 12.2. The summed E-state index contributed by atoms with van der Waals surface area (Å²) < 4.78 is 72.9. The predicted octanol–water partition coefficient (Wildman–Crippen LogP) is 3.25. The van der Waals surface area contributed by atoms with Crippen molar-refractivity contribution in [2.24, 2.45) is 0 Å². The molecular formula is C17H18F3NO4S. The van der Waals surface area contributed by atoms with Crippen molar-refractivity contribution in [1.29, 1.82) is 0 Å². The van der Waals surface area contributed by atoms with Crippen LogP contribution in [0.2, 0.25) is 0 Å². The van der Waals surface area contributed by atoms with Gasteiger partial charge in [0.1, 0.15) is 17.3 Å². The molecule has 0 aromatic heterocycles. The number of rotatable bonds is 8. The third-order valence-corrected chi connectivity index (χ3v) is 4.82. The second-order valence-corrected chi connectivity index (χ2v) is 7.14. The maximum Gasteiger partial charge on any atom is 0.411 e. The highest BCUT2D eigenvalue weighted by molar-refractivity contribution is 7.89. The number of ether oxygens (including phenoxy) is 2. The monoisotopic (exact) mass is 389 g/mol. The predicted molar refractivity (Wildman–Crippen MR) is 89.2 cm³/mol. The summed E-state index contributed by atoms with van der Waals surface area (Å²) in [6, 6.07) is 12.6. The Bertz CT molecular complexity index is 821. The lowest BCUT2D eigenvalue weighted by Crippen LogP contribution is -2.23. The van der Waals surface area contributed by atoms with Gasteiger partial charge in [-0.1, -0.05) is 36.4 Å². The van der Waals surface area contributed by atoms with Gasteiger partial charge in [0.25, 0.3) is 0 Å². The summed E-state index contributed by atoms with van der Waals surface area (Å²) in [5, 5.41) is 0. The Hall–Kier alpha value is -2.10. The Labute approximate surface area is 149 Å². The minimum Gasteiger partial charge on any atom is -0.495 e. The Morgan fingerprint density at radius 1 is 1.00 bits per heavy atom. The third kappa shape index (κ3) is 6.01. The van der Waals surface area contributed by atoms with E-state index in [1.54, 1.807) is 42.5 Å². The quantitative estimate of drug-likeness (QED) is 0.753. The molecule has 0 bridgehead atoms. The fourth-order valence-corrected chi connectivity index (χ4v) is 3.32. The molecule has 0 radical (unpaired) electrons. The fourth-order valence-electron chi connectivity index (χ4n) is 2.13. The van der Waals surface area contributed by atoms with Gasteiger partial charge in [-0.2, -0.15) is 13.2 Å². The van der Waals surface area contributed by atoms with Gasteiger partial charge in [0.05, 0.1) is 13.7 Å². The Morgan fingerprint density at radius 3 is 2.23 bits per heavy atom. The second kappa shape index (κ2) is 8.52. The summed E-state index contributed by atoms with van der Waals surface area (Å²) in [6.45, 7) is -1.45. The van der Waals surface area contributed by atoms with E-state index in [-0.39, 0.29) is 23.8 Å². The molecule has 26 heavy (non-hydrogen) atoms.